The lowest BCUT2D eigenvalue weighted by Gasteiger charge is -2.04. The maximum Gasteiger partial charge on any atom is 0.153 e. The van der Waals surface area contributed by atoms with E-state index in [4.69, 9.17) is 4.42 Å². The Morgan fingerprint density at radius 3 is 2.70 bits per heavy atom. The van der Waals surface area contributed by atoms with Crippen LogP contribution < -0.4 is 0 Å². The third-order valence-corrected chi connectivity index (χ3v) is 4.03. The van der Waals surface area contributed by atoms with Gasteiger partial charge in [0.2, 0.25) is 0 Å². The standard InChI is InChI=1S/C19H11N3O/c1-2-6-16-13(5-1)14-10-15(22-11-17(14)23-16)19-18-12(7-9-21-19)4-3-8-20-18/h1-11H. The Labute approximate surface area is 131 Å². The summed E-state index contributed by atoms with van der Waals surface area (Å²) in [6.45, 7) is 0. The first-order valence-electron chi connectivity index (χ1n) is 7.37. The number of hydrogen-bond donors (Lipinski definition) is 0. The second-order valence-electron chi connectivity index (χ2n) is 5.40. The summed E-state index contributed by atoms with van der Waals surface area (Å²) in [6.07, 6.45) is 5.33. The Balaban J connectivity index is 1.84. The third-order valence-electron chi connectivity index (χ3n) is 4.03. The highest BCUT2D eigenvalue weighted by Crippen LogP contribution is 2.31. The van der Waals surface area contributed by atoms with Crippen LogP contribution in [0.3, 0.4) is 0 Å². The van der Waals surface area contributed by atoms with Gasteiger partial charge in [-0.25, -0.2) is 0 Å². The lowest BCUT2D eigenvalue weighted by molar-refractivity contribution is 0.667. The van der Waals surface area contributed by atoms with Crippen LogP contribution in [0.15, 0.2) is 71.5 Å². The van der Waals surface area contributed by atoms with Crippen molar-refractivity contribution in [1.82, 2.24) is 15.0 Å². The summed E-state index contributed by atoms with van der Waals surface area (Å²) in [5, 5.41) is 3.18. The van der Waals surface area contributed by atoms with Crippen LogP contribution in [0.4, 0.5) is 0 Å². The summed E-state index contributed by atoms with van der Waals surface area (Å²) in [5.41, 5.74) is 4.09. The van der Waals surface area contributed by atoms with Gasteiger partial charge in [0.05, 0.1) is 17.4 Å². The Kier molecular flexibility index (Phi) is 2.46. The largest absolute Gasteiger partial charge is 0.454 e. The summed E-state index contributed by atoms with van der Waals surface area (Å²) in [5.74, 6) is 0. The van der Waals surface area contributed by atoms with E-state index in [0.717, 1.165) is 44.2 Å². The van der Waals surface area contributed by atoms with E-state index < -0.39 is 0 Å². The summed E-state index contributed by atoms with van der Waals surface area (Å²) in [7, 11) is 0. The van der Waals surface area contributed by atoms with Crippen LogP contribution in [0.2, 0.25) is 0 Å². The van der Waals surface area contributed by atoms with Crippen molar-refractivity contribution in [3.8, 4) is 11.4 Å². The predicted octanol–water partition coefficient (Wildman–Crippen LogP) is 4.59. The molecule has 5 rings (SSSR count). The fourth-order valence-electron chi connectivity index (χ4n) is 2.95. The quantitative estimate of drug-likeness (QED) is 0.454. The molecule has 0 amide bonds. The molecule has 1 aromatic carbocycles. The van der Waals surface area contributed by atoms with Crippen molar-refractivity contribution in [2.75, 3.05) is 0 Å². The Morgan fingerprint density at radius 2 is 1.70 bits per heavy atom. The number of hydrogen-bond acceptors (Lipinski definition) is 4. The maximum atomic E-state index is 5.83. The van der Waals surface area contributed by atoms with Crippen LogP contribution in [0.5, 0.6) is 0 Å². The Bertz CT molecular complexity index is 1170. The molecule has 0 fully saturated rings. The molecule has 108 valence electrons. The molecule has 5 aromatic rings. The van der Waals surface area contributed by atoms with Crippen molar-refractivity contribution in [3.63, 3.8) is 0 Å². The predicted molar refractivity (Wildman–Crippen MR) is 90.0 cm³/mol. The summed E-state index contributed by atoms with van der Waals surface area (Å²) >= 11 is 0. The molecule has 4 aromatic heterocycles. The first-order valence-corrected chi connectivity index (χ1v) is 7.37. The maximum absolute atomic E-state index is 5.83. The SMILES string of the molecule is c1cnc2c(-c3cc4c(cn3)oc3ccccc34)nccc2c1. The van der Waals surface area contributed by atoms with E-state index >= 15 is 0 Å². The monoisotopic (exact) mass is 297 g/mol. The van der Waals surface area contributed by atoms with Crippen molar-refractivity contribution in [2.24, 2.45) is 0 Å². The highest BCUT2D eigenvalue weighted by Gasteiger charge is 2.12. The van der Waals surface area contributed by atoms with Gasteiger partial charge in [-0.15, -0.1) is 0 Å². The summed E-state index contributed by atoms with van der Waals surface area (Å²) in [4.78, 5) is 13.5. The molecule has 0 unspecified atom stereocenters. The molecule has 0 aliphatic rings. The zero-order chi connectivity index (χ0) is 15.2. The first kappa shape index (κ1) is 12.3. The second kappa shape index (κ2) is 4.61. The number of benzene rings is 1. The topological polar surface area (TPSA) is 51.8 Å². The highest BCUT2D eigenvalue weighted by atomic mass is 16.3. The Morgan fingerprint density at radius 1 is 0.739 bits per heavy atom. The highest BCUT2D eigenvalue weighted by molar-refractivity contribution is 6.06. The molecule has 0 N–H and O–H groups in total. The smallest absolute Gasteiger partial charge is 0.153 e. The fourth-order valence-corrected chi connectivity index (χ4v) is 2.95. The van der Waals surface area contributed by atoms with Crippen LogP contribution in [0, 0.1) is 0 Å². The van der Waals surface area contributed by atoms with Gasteiger partial charge in [0.15, 0.2) is 5.58 Å². The molecule has 0 spiro atoms. The van der Waals surface area contributed by atoms with Crippen molar-refractivity contribution in [2.45, 2.75) is 0 Å². The molecule has 0 radical (unpaired) electrons. The van der Waals surface area contributed by atoms with Gasteiger partial charge in [-0.1, -0.05) is 24.3 Å². The van der Waals surface area contributed by atoms with Gasteiger partial charge in [-0.3, -0.25) is 15.0 Å². The number of pyridine rings is 3. The molecule has 4 heteroatoms. The first-order chi connectivity index (χ1) is 11.4. The second-order valence-corrected chi connectivity index (χ2v) is 5.40. The van der Waals surface area contributed by atoms with Gasteiger partial charge in [-0.05, 0) is 24.3 Å². The van der Waals surface area contributed by atoms with Crippen molar-refractivity contribution >= 4 is 32.8 Å². The lowest BCUT2D eigenvalue weighted by atomic mass is 10.1. The average Bonchev–Trinajstić information content (AvgIpc) is 2.99. The minimum Gasteiger partial charge on any atom is -0.454 e. The van der Waals surface area contributed by atoms with Crippen LogP contribution >= 0.6 is 0 Å². The number of nitrogens with zero attached hydrogens (tertiary/aromatic N) is 3. The molecule has 0 bridgehead atoms. The van der Waals surface area contributed by atoms with E-state index in [0.29, 0.717) is 0 Å². The molecular weight excluding hydrogens is 286 g/mol. The number of aromatic nitrogens is 3. The molecule has 0 aliphatic heterocycles. The van der Waals surface area contributed by atoms with E-state index in [1.165, 1.54) is 0 Å². The lowest BCUT2D eigenvalue weighted by Crippen LogP contribution is -1.90. The fraction of sp³-hybridized carbons (Fsp3) is 0. The van der Waals surface area contributed by atoms with Crippen molar-refractivity contribution in [3.05, 3.63) is 67.1 Å². The zero-order valence-electron chi connectivity index (χ0n) is 12.1. The van der Waals surface area contributed by atoms with Gasteiger partial charge in [-0.2, -0.15) is 0 Å². The average molecular weight is 297 g/mol. The van der Waals surface area contributed by atoms with Crippen molar-refractivity contribution < 1.29 is 4.42 Å². The van der Waals surface area contributed by atoms with Crippen LogP contribution in [0.1, 0.15) is 0 Å². The van der Waals surface area contributed by atoms with Crippen LogP contribution in [-0.2, 0) is 0 Å². The third kappa shape index (κ3) is 1.82. The van der Waals surface area contributed by atoms with E-state index in [1.807, 2.05) is 42.5 Å². The summed E-state index contributed by atoms with van der Waals surface area (Å²) in [6, 6.07) is 15.9. The van der Waals surface area contributed by atoms with Gasteiger partial charge in [0, 0.05) is 28.6 Å². The van der Waals surface area contributed by atoms with Crippen molar-refractivity contribution in [1.29, 1.82) is 0 Å². The van der Waals surface area contributed by atoms with E-state index in [9.17, 15) is 0 Å². The normalized spacial score (nSPS) is 11.5. The zero-order valence-corrected chi connectivity index (χ0v) is 12.1. The number of para-hydroxylation sites is 1. The molecule has 4 nitrogen and oxygen atoms in total. The Hall–Kier alpha value is -3.27. The van der Waals surface area contributed by atoms with Crippen LogP contribution in [0.25, 0.3) is 44.2 Å². The molecule has 23 heavy (non-hydrogen) atoms. The van der Waals surface area contributed by atoms with Gasteiger partial charge < -0.3 is 4.42 Å². The number of fused-ring (bicyclic) bond motifs is 4. The van der Waals surface area contributed by atoms with E-state index in [1.54, 1.807) is 18.6 Å². The van der Waals surface area contributed by atoms with Crippen LogP contribution in [-0.4, -0.2) is 15.0 Å². The minimum atomic E-state index is 0.781. The summed E-state index contributed by atoms with van der Waals surface area (Å²) < 4.78 is 5.83. The van der Waals surface area contributed by atoms with Gasteiger partial charge >= 0.3 is 0 Å². The number of furan rings is 1. The molecular formula is C19H11N3O. The molecule has 0 aliphatic carbocycles. The van der Waals surface area contributed by atoms with E-state index in [-0.39, 0.29) is 0 Å². The molecule has 0 atom stereocenters. The molecule has 4 heterocycles. The molecule has 0 saturated carbocycles. The number of rotatable bonds is 1. The van der Waals surface area contributed by atoms with Gasteiger partial charge in [0.25, 0.3) is 0 Å². The minimum absolute atomic E-state index is 0.781. The van der Waals surface area contributed by atoms with Gasteiger partial charge in [0.1, 0.15) is 11.3 Å². The molecule has 0 saturated heterocycles. The van der Waals surface area contributed by atoms with E-state index in [2.05, 4.69) is 21.0 Å².